The van der Waals surface area contributed by atoms with Crippen LogP contribution in [-0.2, 0) is 4.79 Å². The highest BCUT2D eigenvalue weighted by Crippen LogP contribution is 2.36. The maximum atomic E-state index is 10.9. The van der Waals surface area contributed by atoms with Crippen LogP contribution in [0, 0.1) is 17.8 Å². The smallest absolute Gasteiger partial charge is 0.308 e. The number of aliphatic carboxylic acids is 1. The lowest BCUT2D eigenvalue weighted by molar-refractivity contribution is -0.142. The summed E-state index contributed by atoms with van der Waals surface area (Å²) in [5.41, 5.74) is 0. The molecule has 0 aromatic carbocycles. The highest BCUT2D eigenvalue weighted by atomic mass is 16.4. The number of hydrogen-bond donors (Lipinski definition) is 2. The molecular weight excluding hydrogens is 166 g/mol. The molecule has 74 valence electrons. The van der Waals surface area contributed by atoms with Crippen molar-refractivity contribution in [2.24, 2.45) is 17.8 Å². The average molecular weight is 183 g/mol. The molecule has 13 heavy (non-hydrogen) atoms. The van der Waals surface area contributed by atoms with Crippen molar-refractivity contribution in [3.05, 3.63) is 0 Å². The lowest BCUT2D eigenvalue weighted by Crippen LogP contribution is -2.26. The fourth-order valence-corrected chi connectivity index (χ4v) is 2.85. The number of carboxylic acid groups (broad SMARTS) is 1. The van der Waals surface area contributed by atoms with Gasteiger partial charge in [-0.3, -0.25) is 4.79 Å². The van der Waals surface area contributed by atoms with Crippen LogP contribution in [0.1, 0.15) is 25.7 Å². The molecule has 2 N–H and O–H groups in total. The normalized spacial score (nSPS) is 35.4. The predicted molar refractivity (Wildman–Crippen MR) is 49.4 cm³/mol. The van der Waals surface area contributed by atoms with Crippen molar-refractivity contribution < 1.29 is 9.90 Å². The van der Waals surface area contributed by atoms with Crippen molar-refractivity contribution in [2.75, 3.05) is 13.1 Å². The minimum Gasteiger partial charge on any atom is -0.481 e. The molecule has 0 aromatic heterocycles. The van der Waals surface area contributed by atoms with Crippen molar-refractivity contribution in [1.82, 2.24) is 5.32 Å². The third kappa shape index (κ3) is 1.70. The van der Waals surface area contributed by atoms with E-state index in [0.29, 0.717) is 18.4 Å². The lowest BCUT2D eigenvalue weighted by atomic mass is 9.83. The zero-order valence-corrected chi connectivity index (χ0v) is 7.83. The van der Waals surface area contributed by atoms with Crippen LogP contribution in [0.4, 0.5) is 0 Å². The molecule has 3 heteroatoms. The first-order chi connectivity index (χ1) is 6.29. The van der Waals surface area contributed by atoms with Gasteiger partial charge in [-0.2, -0.15) is 0 Å². The van der Waals surface area contributed by atoms with E-state index in [1.54, 1.807) is 0 Å². The topological polar surface area (TPSA) is 49.3 Å². The minimum atomic E-state index is -0.609. The van der Waals surface area contributed by atoms with E-state index in [0.717, 1.165) is 6.54 Å². The second-order valence-corrected chi connectivity index (χ2v) is 4.31. The molecule has 2 fully saturated rings. The van der Waals surface area contributed by atoms with Crippen LogP contribution >= 0.6 is 0 Å². The summed E-state index contributed by atoms with van der Waals surface area (Å²) in [7, 11) is 0. The van der Waals surface area contributed by atoms with E-state index in [-0.39, 0.29) is 5.92 Å². The molecule has 1 saturated heterocycles. The van der Waals surface area contributed by atoms with Crippen LogP contribution in [0.5, 0.6) is 0 Å². The van der Waals surface area contributed by atoms with Crippen molar-refractivity contribution >= 4 is 5.97 Å². The summed E-state index contributed by atoms with van der Waals surface area (Å²) < 4.78 is 0. The Labute approximate surface area is 78.5 Å². The monoisotopic (exact) mass is 183 g/mol. The van der Waals surface area contributed by atoms with Crippen molar-refractivity contribution in [3.63, 3.8) is 0 Å². The van der Waals surface area contributed by atoms with Crippen LogP contribution in [0.2, 0.25) is 0 Å². The Hall–Kier alpha value is -0.570. The van der Waals surface area contributed by atoms with Crippen LogP contribution in [0.3, 0.4) is 0 Å². The van der Waals surface area contributed by atoms with E-state index in [4.69, 9.17) is 5.11 Å². The zero-order chi connectivity index (χ0) is 9.26. The maximum absolute atomic E-state index is 10.9. The molecule has 0 spiro atoms. The fraction of sp³-hybridized carbons (Fsp3) is 0.900. The van der Waals surface area contributed by atoms with Crippen LogP contribution in [0.15, 0.2) is 0 Å². The first kappa shape index (κ1) is 9.00. The molecule has 2 rings (SSSR count). The minimum absolute atomic E-state index is 0.122. The van der Waals surface area contributed by atoms with E-state index < -0.39 is 5.97 Å². The first-order valence-corrected chi connectivity index (χ1v) is 5.22. The summed E-state index contributed by atoms with van der Waals surface area (Å²) in [6.07, 6.45) is 5.09. The quantitative estimate of drug-likeness (QED) is 0.674. The molecule has 1 saturated carbocycles. The first-order valence-electron chi connectivity index (χ1n) is 5.22. The largest absolute Gasteiger partial charge is 0.481 e. The third-order valence-electron chi connectivity index (χ3n) is 3.58. The molecule has 2 atom stereocenters. The van der Waals surface area contributed by atoms with Gasteiger partial charge in [0.25, 0.3) is 0 Å². The predicted octanol–water partition coefficient (Wildman–Crippen LogP) is 1.10. The molecule has 0 bridgehead atoms. The molecule has 1 aliphatic heterocycles. The standard InChI is InChI=1S/C10H17NO2/c12-10(13)9-6-11-5-8(9)7-3-1-2-4-7/h7-9,11H,1-6H2,(H,12,13)/t8-,9+/m0/s1. The number of rotatable bonds is 2. The van der Waals surface area contributed by atoms with Crippen LogP contribution in [0.25, 0.3) is 0 Å². The third-order valence-corrected chi connectivity index (χ3v) is 3.58. The zero-order valence-electron chi connectivity index (χ0n) is 7.83. The number of nitrogens with one attached hydrogen (secondary N) is 1. The highest BCUT2D eigenvalue weighted by Gasteiger charge is 2.38. The van der Waals surface area contributed by atoms with Crippen molar-refractivity contribution in [2.45, 2.75) is 25.7 Å². The molecule has 3 nitrogen and oxygen atoms in total. The van der Waals surface area contributed by atoms with E-state index in [9.17, 15) is 4.79 Å². The highest BCUT2D eigenvalue weighted by molar-refractivity contribution is 5.71. The van der Waals surface area contributed by atoms with E-state index >= 15 is 0 Å². The Morgan fingerprint density at radius 3 is 2.54 bits per heavy atom. The fourth-order valence-electron chi connectivity index (χ4n) is 2.85. The summed E-state index contributed by atoms with van der Waals surface area (Å²) in [6.45, 7) is 1.60. The van der Waals surface area contributed by atoms with Crippen LogP contribution < -0.4 is 5.32 Å². The number of carbonyl (C=O) groups is 1. The average Bonchev–Trinajstić information content (AvgIpc) is 2.74. The van der Waals surface area contributed by atoms with Gasteiger partial charge in [-0.25, -0.2) is 0 Å². The second-order valence-electron chi connectivity index (χ2n) is 4.31. The number of hydrogen-bond acceptors (Lipinski definition) is 2. The van der Waals surface area contributed by atoms with Gasteiger partial charge in [0.05, 0.1) is 5.92 Å². The maximum Gasteiger partial charge on any atom is 0.308 e. The van der Waals surface area contributed by atoms with Gasteiger partial charge in [-0.1, -0.05) is 25.7 Å². The van der Waals surface area contributed by atoms with Crippen LogP contribution in [-0.4, -0.2) is 24.2 Å². The van der Waals surface area contributed by atoms with Crippen molar-refractivity contribution in [1.29, 1.82) is 0 Å². The Morgan fingerprint density at radius 1 is 1.23 bits per heavy atom. The summed E-state index contributed by atoms with van der Waals surface area (Å²) in [4.78, 5) is 10.9. The molecule has 2 aliphatic rings. The lowest BCUT2D eigenvalue weighted by Gasteiger charge is -2.21. The summed E-state index contributed by atoms with van der Waals surface area (Å²) >= 11 is 0. The van der Waals surface area contributed by atoms with E-state index in [1.807, 2.05) is 0 Å². The SMILES string of the molecule is O=C(O)[C@@H]1CNC[C@H]1C1CCCC1. The second kappa shape index (κ2) is 3.66. The summed E-state index contributed by atoms with van der Waals surface area (Å²) in [6, 6.07) is 0. The van der Waals surface area contributed by atoms with E-state index in [1.165, 1.54) is 25.7 Å². The van der Waals surface area contributed by atoms with Gasteiger partial charge in [-0.05, 0) is 18.4 Å². The molecule has 0 amide bonds. The summed E-state index contributed by atoms with van der Waals surface area (Å²) in [5, 5.41) is 12.2. The molecule has 0 aromatic rings. The van der Waals surface area contributed by atoms with Crippen molar-refractivity contribution in [3.8, 4) is 0 Å². The molecular formula is C10H17NO2. The molecule has 1 aliphatic carbocycles. The molecule has 0 radical (unpaired) electrons. The van der Waals surface area contributed by atoms with Gasteiger partial charge >= 0.3 is 5.97 Å². The van der Waals surface area contributed by atoms with E-state index in [2.05, 4.69) is 5.32 Å². The summed E-state index contributed by atoms with van der Waals surface area (Å²) in [5.74, 6) is 0.348. The Morgan fingerprint density at radius 2 is 1.92 bits per heavy atom. The van der Waals surface area contributed by atoms with Gasteiger partial charge in [0.1, 0.15) is 0 Å². The number of carboxylic acids is 1. The molecule has 1 heterocycles. The van der Waals surface area contributed by atoms with Gasteiger partial charge in [0, 0.05) is 6.54 Å². The van der Waals surface area contributed by atoms with Gasteiger partial charge in [-0.15, -0.1) is 0 Å². The van der Waals surface area contributed by atoms with Gasteiger partial charge < -0.3 is 10.4 Å². The Kier molecular flexibility index (Phi) is 2.54. The molecule has 0 unspecified atom stereocenters. The Bertz CT molecular complexity index is 199. The van der Waals surface area contributed by atoms with Gasteiger partial charge in [0.2, 0.25) is 0 Å². The Balaban J connectivity index is 2.00. The van der Waals surface area contributed by atoms with Gasteiger partial charge in [0.15, 0.2) is 0 Å².